The highest BCUT2D eigenvalue weighted by molar-refractivity contribution is 6.31. The molecule has 0 aliphatic heterocycles. The zero-order valence-corrected chi connectivity index (χ0v) is 12.4. The fraction of sp³-hybridized carbons (Fsp3) is 0.133. The molecular formula is C15H15ClN2O3. The minimum Gasteiger partial charge on any atom is -0.493 e. The van der Waals surface area contributed by atoms with Gasteiger partial charge < -0.3 is 20.5 Å². The zero-order chi connectivity index (χ0) is 15.4. The molecule has 0 saturated carbocycles. The van der Waals surface area contributed by atoms with Crippen molar-refractivity contribution >= 4 is 28.9 Å². The van der Waals surface area contributed by atoms with Crippen LogP contribution in [0.15, 0.2) is 36.4 Å². The first-order chi connectivity index (χ1) is 10.0. The van der Waals surface area contributed by atoms with Crippen molar-refractivity contribution in [2.75, 3.05) is 25.3 Å². The van der Waals surface area contributed by atoms with Crippen molar-refractivity contribution < 1.29 is 14.3 Å². The van der Waals surface area contributed by atoms with Crippen molar-refractivity contribution in [3.8, 4) is 11.5 Å². The minimum absolute atomic E-state index is 0.298. The Balaban J connectivity index is 2.31. The van der Waals surface area contributed by atoms with E-state index in [1.807, 2.05) is 0 Å². The molecule has 1 amide bonds. The average molecular weight is 307 g/mol. The summed E-state index contributed by atoms with van der Waals surface area (Å²) in [6.45, 7) is 0. The monoisotopic (exact) mass is 306 g/mol. The van der Waals surface area contributed by atoms with Crippen molar-refractivity contribution in [2.24, 2.45) is 0 Å². The normalized spacial score (nSPS) is 10.0. The number of hydrogen-bond donors (Lipinski definition) is 2. The summed E-state index contributed by atoms with van der Waals surface area (Å²) in [6, 6.07) is 9.94. The van der Waals surface area contributed by atoms with Gasteiger partial charge in [0, 0.05) is 22.5 Å². The third-order valence-corrected chi connectivity index (χ3v) is 3.12. The average Bonchev–Trinajstić information content (AvgIpc) is 2.46. The van der Waals surface area contributed by atoms with E-state index < -0.39 is 0 Å². The van der Waals surface area contributed by atoms with Gasteiger partial charge >= 0.3 is 0 Å². The number of amides is 1. The van der Waals surface area contributed by atoms with Crippen LogP contribution in [0.2, 0.25) is 5.02 Å². The van der Waals surface area contributed by atoms with E-state index in [2.05, 4.69) is 5.32 Å². The van der Waals surface area contributed by atoms with Gasteiger partial charge in [-0.25, -0.2) is 0 Å². The van der Waals surface area contributed by atoms with Crippen LogP contribution in [0.4, 0.5) is 11.4 Å². The van der Waals surface area contributed by atoms with E-state index >= 15 is 0 Å². The predicted octanol–water partition coefficient (Wildman–Crippen LogP) is 3.19. The number of nitrogens with two attached hydrogens (primary N) is 1. The van der Waals surface area contributed by atoms with Crippen LogP contribution in [0, 0.1) is 0 Å². The van der Waals surface area contributed by atoms with E-state index in [1.54, 1.807) is 30.3 Å². The lowest BCUT2D eigenvalue weighted by Gasteiger charge is -2.12. The fourth-order valence-electron chi connectivity index (χ4n) is 1.86. The molecule has 0 spiro atoms. The number of ether oxygens (including phenoxy) is 2. The highest BCUT2D eigenvalue weighted by atomic mass is 35.5. The molecule has 0 atom stereocenters. The quantitative estimate of drug-likeness (QED) is 0.851. The van der Waals surface area contributed by atoms with Crippen LogP contribution in [-0.4, -0.2) is 20.1 Å². The molecule has 0 aromatic heterocycles. The Bertz CT molecular complexity index is 674. The van der Waals surface area contributed by atoms with Gasteiger partial charge in [0.15, 0.2) is 11.5 Å². The van der Waals surface area contributed by atoms with Gasteiger partial charge in [0.05, 0.1) is 19.8 Å². The summed E-state index contributed by atoms with van der Waals surface area (Å²) in [7, 11) is 3.00. The lowest BCUT2D eigenvalue weighted by Crippen LogP contribution is -2.14. The maximum atomic E-state index is 12.3. The number of carbonyl (C=O) groups is 1. The molecule has 5 nitrogen and oxygen atoms in total. The standard InChI is InChI=1S/C15H15ClN2O3/c1-20-13-7-11(12(17)8-14(13)21-2)15(19)18-10-5-3-4-9(16)6-10/h3-8H,17H2,1-2H3,(H,18,19). The number of anilines is 2. The molecule has 0 unspecified atom stereocenters. The second kappa shape index (κ2) is 6.37. The van der Waals surface area contributed by atoms with Crippen LogP contribution in [-0.2, 0) is 0 Å². The highest BCUT2D eigenvalue weighted by Crippen LogP contribution is 2.32. The largest absolute Gasteiger partial charge is 0.493 e. The Morgan fingerprint density at radius 1 is 1.14 bits per heavy atom. The molecule has 0 aliphatic carbocycles. The van der Waals surface area contributed by atoms with Gasteiger partial charge in [-0.15, -0.1) is 0 Å². The fourth-order valence-corrected chi connectivity index (χ4v) is 2.05. The number of hydrogen-bond acceptors (Lipinski definition) is 4. The van der Waals surface area contributed by atoms with E-state index in [4.69, 9.17) is 26.8 Å². The van der Waals surface area contributed by atoms with E-state index in [9.17, 15) is 4.79 Å². The lowest BCUT2D eigenvalue weighted by atomic mass is 10.1. The molecule has 0 heterocycles. The maximum absolute atomic E-state index is 12.3. The predicted molar refractivity (Wildman–Crippen MR) is 83.4 cm³/mol. The third kappa shape index (κ3) is 3.38. The van der Waals surface area contributed by atoms with Crippen LogP contribution in [0.3, 0.4) is 0 Å². The molecule has 0 bridgehead atoms. The second-order valence-corrected chi connectivity index (χ2v) is 4.70. The number of nitrogens with one attached hydrogen (secondary N) is 1. The number of methoxy groups -OCH3 is 2. The van der Waals surface area contributed by atoms with Crippen molar-refractivity contribution in [1.82, 2.24) is 0 Å². The number of benzene rings is 2. The first-order valence-corrected chi connectivity index (χ1v) is 6.51. The first kappa shape index (κ1) is 15.0. The zero-order valence-electron chi connectivity index (χ0n) is 11.6. The summed E-state index contributed by atoms with van der Waals surface area (Å²) in [5.74, 6) is 0.549. The molecule has 0 fully saturated rings. The van der Waals surface area contributed by atoms with Crippen molar-refractivity contribution in [3.63, 3.8) is 0 Å². The summed E-state index contributed by atoms with van der Waals surface area (Å²) >= 11 is 5.88. The Labute approximate surface area is 127 Å². The summed E-state index contributed by atoms with van der Waals surface area (Å²) in [5, 5.41) is 3.26. The topological polar surface area (TPSA) is 73.6 Å². The van der Waals surface area contributed by atoms with Crippen LogP contribution in [0.1, 0.15) is 10.4 Å². The Morgan fingerprint density at radius 2 is 1.81 bits per heavy atom. The third-order valence-electron chi connectivity index (χ3n) is 2.88. The van der Waals surface area contributed by atoms with Crippen LogP contribution in [0.5, 0.6) is 11.5 Å². The smallest absolute Gasteiger partial charge is 0.257 e. The van der Waals surface area contributed by atoms with E-state index in [-0.39, 0.29) is 5.91 Å². The van der Waals surface area contributed by atoms with Gasteiger partial charge in [0.1, 0.15) is 0 Å². The van der Waals surface area contributed by atoms with Gasteiger partial charge in [0.25, 0.3) is 5.91 Å². The van der Waals surface area contributed by atoms with Crippen molar-refractivity contribution in [3.05, 3.63) is 47.0 Å². The Morgan fingerprint density at radius 3 is 2.43 bits per heavy atom. The van der Waals surface area contributed by atoms with Crippen molar-refractivity contribution in [1.29, 1.82) is 0 Å². The Kier molecular flexibility index (Phi) is 4.55. The molecular weight excluding hydrogens is 292 g/mol. The van der Waals surface area contributed by atoms with Crippen LogP contribution >= 0.6 is 11.6 Å². The highest BCUT2D eigenvalue weighted by Gasteiger charge is 2.15. The molecule has 0 saturated heterocycles. The van der Waals surface area contributed by atoms with Crippen LogP contribution in [0.25, 0.3) is 0 Å². The molecule has 0 aliphatic rings. The van der Waals surface area contributed by atoms with E-state index in [0.717, 1.165) is 0 Å². The number of halogens is 1. The van der Waals surface area contributed by atoms with Gasteiger partial charge in [-0.05, 0) is 24.3 Å². The van der Waals surface area contributed by atoms with Gasteiger partial charge in [-0.3, -0.25) is 4.79 Å². The van der Waals surface area contributed by atoms with E-state index in [0.29, 0.717) is 33.5 Å². The maximum Gasteiger partial charge on any atom is 0.257 e. The molecule has 0 radical (unpaired) electrons. The second-order valence-electron chi connectivity index (χ2n) is 4.26. The van der Waals surface area contributed by atoms with Gasteiger partial charge in [-0.2, -0.15) is 0 Å². The first-order valence-electron chi connectivity index (χ1n) is 6.13. The SMILES string of the molecule is COc1cc(N)c(C(=O)Nc2cccc(Cl)c2)cc1OC. The molecule has 2 aromatic carbocycles. The molecule has 21 heavy (non-hydrogen) atoms. The summed E-state index contributed by atoms with van der Waals surface area (Å²) in [5.41, 5.74) is 7.06. The van der Waals surface area contributed by atoms with Gasteiger partial charge in [0.2, 0.25) is 0 Å². The molecule has 6 heteroatoms. The number of nitrogen functional groups attached to an aromatic ring is 1. The minimum atomic E-state index is -0.351. The van der Waals surface area contributed by atoms with Crippen LogP contribution < -0.4 is 20.5 Å². The summed E-state index contributed by atoms with van der Waals surface area (Å²) < 4.78 is 10.3. The number of carbonyl (C=O) groups excluding carboxylic acids is 1. The van der Waals surface area contributed by atoms with Gasteiger partial charge in [-0.1, -0.05) is 17.7 Å². The Hall–Kier alpha value is -2.40. The summed E-state index contributed by atoms with van der Waals surface area (Å²) in [6.07, 6.45) is 0. The molecule has 2 rings (SSSR count). The van der Waals surface area contributed by atoms with E-state index in [1.165, 1.54) is 20.3 Å². The number of rotatable bonds is 4. The summed E-state index contributed by atoms with van der Waals surface area (Å²) in [4.78, 5) is 12.3. The molecule has 2 aromatic rings. The lowest BCUT2D eigenvalue weighted by molar-refractivity contribution is 0.102. The molecule has 110 valence electrons. The van der Waals surface area contributed by atoms with Crippen molar-refractivity contribution in [2.45, 2.75) is 0 Å². The molecule has 3 N–H and O–H groups in total.